The number of fused-ring (bicyclic) bond motifs is 1. The van der Waals surface area contributed by atoms with E-state index >= 15 is 0 Å². The molecule has 3 aromatic rings. The number of hydrogen-bond donors (Lipinski definition) is 1. The van der Waals surface area contributed by atoms with E-state index in [1.165, 1.54) is 0 Å². The molecular formula is C26H29FN2O3S. The number of hydrogen-bond acceptors (Lipinski definition) is 3. The van der Waals surface area contributed by atoms with Crippen molar-refractivity contribution in [2.75, 3.05) is 6.26 Å². The van der Waals surface area contributed by atoms with Gasteiger partial charge >= 0.3 is 0 Å². The number of rotatable bonds is 6. The number of benzene rings is 2. The number of aryl methyl sites for hydroxylation is 3. The second kappa shape index (κ2) is 9.23. The summed E-state index contributed by atoms with van der Waals surface area (Å²) in [6, 6.07) is 14.5. The topological polar surface area (TPSA) is 68.2 Å². The molecule has 1 N–H and O–H groups in total. The van der Waals surface area contributed by atoms with E-state index in [1.807, 2.05) is 49.5 Å². The molecule has 0 unspecified atom stereocenters. The molecule has 1 aliphatic rings. The van der Waals surface area contributed by atoms with Crippen LogP contribution < -0.4 is 10.3 Å². The summed E-state index contributed by atoms with van der Waals surface area (Å²) in [4.78, 5) is 13.3. The van der Waals surface area contributed by atoms with E-state index in [2.05, 4.69) is 4.72 Å². The first-order chi connectivity index (χ1) is 15.7. The van der Waals surface area contributed by atoms with Crippen LogP contribution in [0.4, 0.5) is 4.39 Å². The van der Waals surface area contributed by atoms with Gasteiger partial charge in [-0.25, -0.2) is 17.5 Å². The smallest absolute Gasteiger partial charge is 0.254 e. The van der Waals surface area contributed by atoms with Crippen LogP contribution in [0.1, 0.15) is 41.5 Å². The predicted octanol–water partition coefficient (Wildman–Crippen LogP) is 4.17. The van der Waals surface area contributed by atoms with Crippen molar-refractivity contribution >= 4 is 10.0 Å². The van der Waals surface area contributed by atoms with Gasteiger partial charge in [0.1, 0.15) is 5.82 Å². The van der Waals surface area contributed by atoms with E-state index in [1.54, 1.807) is 23.6 Å². The number of nitrogens with zero attached hydrogens (tertiary/aromatic N) is 1. The van der Waals surface area contributed by atoms with E-state index in [0.29, 0.717) is 42.5 Å². The lowest BCUT2D eigenvalue weighted by molar-refractivity contribution is 0.424. The molecule has 0 amide bonds. The maximum Gasteiger partial charge on any atom is 0.254 e. The van der Waals surface area contributed by atoms with Crippen LogP contribution in [0.3, 0.4) is 0 Å². The minimum absolute atomic E-state index is 0.0686. The maximum atomic E-state index is 14.7. The second-order valence-electron chi connectivity index (χ2n) is 8.83. The molecule has 1 aromatic heterocycles. The lowest BCUT2D eigenvalue weighted by Crippen LogP contribution is -2.45. The first-order valence-electron chi connectivity index (χ1n) is 11.2. The van der Waals surface area contributed by atoms with E-state index in [4.69, 9.17) is 0 Å². The molecule has 0 aliphatic heterocycles. The monoisotopic (exact) mass is 468 g/mol. The van der Waals surface area contributed by atoms with Crippen molar-refractivity contribution in [1.29, 1.82) is 0 Å². The van der Waals surface area contributed by atoms with Crippen molar-refractivity contribution in [3.05, 3.63) is 93.2 Å². The molecule has 5 nitrogen and oxygen atoms in total. The molecule has 1 heterocycles. The van der Waals surface area contributed by atoms with Gasteiger partial charge in [0.15, 0.2) is 0 Å². The standard InChI is InChI=1S/C26H29FN2O3S/c1-4-29-14-13-19-11-12-23(28-33(3,31)32)22(24(19)26(29)30)16-18-8-6-9-20(15-18)21-10-5-7-17(2)25(21)27/h5-10,13-15,22-23,28H,4,11-12,16H2,1-3H3/t22-,23-/m0/s1. The Morgan fingerprint density at radius 3 is 2.64 bits per heavy atom. The van der Waals surface area contributed by atoms with Crippen LogP contribution >= 0.6 is 0 Å². The van der Waals surface area contributed by atoms with Crippen LogP contribution in [0.5, 0.6) is 0 Å². The Kier molecular flexibility index (Phi) is 6.54. The molecule has 0 fully saturated rings. The van der Waals surface area contributed by atoms with Gasteiger partial charge in [-0.15, -0.1) is 0 Å². The first-order valence-corrected chi connectivity index (χ1v) is 13.1. The number of nitrogens with one attached hydrogen (secondary N) is 1. The third kappa shape index (κ3) is 4.94. The predicted molar refractivity (Wildman–Crippen MR) is 129 cm³/mol. The fourth-order valence-corrected chi connectivity index (χ4v) is 5.69. The minimum Gasteiger partial charge on any atom is -0.316 e. The van der Waals surface area contributed by atoms with Crippen molar-refractivity contribution in [1.82, 2.24) is 9.29 Å². The van der Waals surface area contributed by atoms with Gasteiger partial charge < -0.3 is 4.57 Å². The highest BCUT2D eigenvalue weighted by Crippen LogP contribution is 2.34. The van der Waals surface area contributed by atoms with Gasteiger partial charge in [0.05, 0.1) is 6.26 Å². The van der Waals surface area contributed by atoms with Crippen LogP contribution in [0.25, 0.3) is 11.1 Å². The molecule has 2 aromatic carbocycles. The van der Waals surface area contributed by atoms with E-state index in [-0.39, 0.29) is 23.3 Å². The highest BCUT2D eigenvalue weighted by molar-refractivity contribution is 7.88. The Morgan fingerprint density at radius 1 is 1.15 bits per heavy atom. The van der Waals surface area contributed by atoms with Gasteiger partial charge in [-0.05, 0) is 61.4 Å². The summed E-state index contributed by atoms with van der Waals surface area (Å²) >= 11 is 0. The molecule has 1 aliphatic carbocycles. The summed E-state index contributed by atoms with van der Waals surface area (Å²) in [5.41, 5.74) is 4.38. The van der Waals surface area contributed by atoms with E-state index in [0.717, 1.165) is 22.9 Å². The molecule has 33 heavy (non-hydrogen) atoms. The summed E-state index contributed by atoms with van der Waals surface area (Å²) in [5, 5.41) is 0. The summed E-state index contributed by atoms with van der Waals surface area (Å²) in [7, 11) is -3.45. The average molecular weight is 469 g/mol. The Hall–Kier alpha value is -2.77. The Balaban J connectivity index is 1.78. The van der Waals surface area contributed by atoms with Crippen LogP contribution in [0, 0.1) is 12.7 Å². The number of sulfonamides is 1. The Morgan fingerprint density at radius 2 is 1.91 bits per heavy atom. The normalized spacial score (nSPS) is 18.2. The third-order valence-corrected chi connectivity index (χ3v) is 7.20. The van der Waals surface area contributed by atoms with Crippen LogP contribution in [-0.4, -0.2) is 25.3 Å². The minimum atomic E-state index is -3.45. The van der Waals surface area contributed by atoms with Crippen LogP contribution in [-0.2, 0) is 29.4 Å². The zero-order valence-electron chi connectivity index (χ0n) is 19.1. The summed E-state index contributed by atoms with van der Waals surface area (Å²) in [6.07, 6.45) is 4.70. The maximum absolute atomic E-state index is 14.7. The molecule has 0 saturated heterocycles. The van der Waals surface area contributed by atoms with Gasteiger partial charge in [-0.3, -0.25) is 4.79 Å². The first kappa shape index (κ1) is 23.4. The van der Waals surface area contributed by atoms with Gasteiger partial charge in [-0.2, -0.15) is 0 Å². The SMILES string of the molecule is CCn1ccc2c(c1=O)[C@@H](Cc1cccc(-c3cccc(C)c3F)c1)[C@@H](NS(C)(=O)=O)CC2. The molecule has 7 heteroatoms. The highest BCUT2D eigenvalue weighted by atomic mass is 32.2. The van der Waals surface area contributed by atoms with Crippen molar-refractivity contribution < 1.29 is 12.8 Å². The molecule has 0 spiro atoms. The van der Waals surface area contributed by atoms with Crippen LogP contribution in [0.15, 0.2) is 59.5 Å². The summed E-state index contributed by atoms with van der Waals surface area (Å²) in [5.74, 6) is -0.562. The van der Waals surface area contributed by atoms with Crippen molar-refractivity contribution in [2.45, 2.75) is 51.6 Å². The quantitative estimate of drug-likeness (QED) is 0.590. The van der Waals surface area contributed by atoms with Gasteiger partial charge in [0.25, 0.3) is 5.56 Å². The highest BCUT2D eigenvalue weighted by Gasteiger charge is 2.34. The lowest BCUT2D eigenvalue weighted by atomic mass is 9.77. The van der Waals surface area contributed by atoms with E-state index in [9.17, 15) is 17.6 Å². The molecule has 0 saturated carbocycles. The average Bonchev–Trinajstić information content (AvgIpc) is 2.76. The second-order valence-corrected chi connectivity index (χ2v) is 10.6. The van der Waals surface area contributed by atoms with Crippen molar-refractivity contribution in [3.63, 3.8) is 0 Å². The number of aromatic nitrogens is 1. The number of pyridine rings is 1. The third-order valence-electron chi connectivity index (χ3n) is 6.47. The van der Waals surface area contributed by atoms with E-state index < -0.39 is 10.0 Å². The van der Waals surface area contributed by atoms with Crippen molar-refractivity contribution in [2.24, 2.45) is 0 Å². The molecule has 0 bridgehead atoms. The zero-order valence-corrected chi connectivity index (χ0v) is 20.0. The largest absolute Gasteiger partial charge is 0.316 e. The Bertz CT molecular complexity index is 1350. The summed E-state index contributed by atoms with van der Waals surface area (Å²) < 4.78 is 43.3. The molecule has 174 valence electrons. The molecule has 2 atom stereocenters. The molecule has 0 radical (unpaired) electrons. The fraction of sp³-hybridized carbons (Fsp3) is 0.346. The van der Waals surface area contributed by atoms with Gasteiger partial charge in [-0.1, -0.05) is 42.5 Å². The van der Waals surface area contributed by atoms with Gasteiger partial charge in [0.2, 0.25) is 10.0 Å². The van der Waals surface area contributed by atoms with Crippen LogP contribution in [0.2, 0.25) is 0 Å². The fourth-order valence-electron chi connectivity index (χ4n) is 4.86. The lowest BCUT2D eigenvalue weighted by Gasteiger charge is -2.33. The zero-order chi connectivity index (χ0) is 23.8. The summed E-state index contributed by atoms with van der Waals surface area (Å²) in [6.45, 7) is 4.20. The molecular weight excluding hydrogens is 439 g/mol. The Labute approximate surface area is 194 Å². The van der Waals surface area contributed by atoms with Gasteiger partial charge in [0, 0.05) is 35.8 Å². The molecule has 4 rings (SSSR count). The van der Waals surface area contributed by atoms with Crippen molar-refractivity contribution in [3.8, 4) is 11.1 Å². The number of halogens is 1.